The maximum atomic E-state index is 6.65. The van der Waals surface area contributed by atoms with Crippen LogP contribution in [0.2, 0.25) is 0 Å². The number of para-hydroxylation sites is 2. The van der Waals surface area contributed by atoms with Crippen molar-refractivity contribution >= 4 is 114 Å². The Kier molecular flexibility index (Phi) is 7.78. The Morgan fingerprint density at radius 3 is 2.08 bits per heavy atom. The first kappa shape index (κ1) is 35.2. The van der Waals surface area contributed by atoms with Crippen molar-refractivity contribution in [3.63, 3.8) is 0 Å². The summed E-state index contributed by atoms with van der Waals surface area (Å²) in [6.45, 7) is 2.30. The van der Waals surface area contributed by atoms with Gasteiger partial charge < -0.3 is 8.98 Å². The molecule has 0 bridgehead atoms. The second-order valence-corrected chi connectivity index (χ2v) is 17.6. The molecule has 9 aromatic carbocycles. The van der Waals surface area contributed by atoms with Crippen LogP contribution in [0, 0.1) is 5.92 Å². The molecule has 1 aliphatic heterocycles. The highest BCUT2D eigenvalue weighted by molar-refractivity contribution is 7.25. The minimum absolute atomic E-state index is 0.0849. The second kappa shape index (κ2) is 13.7. The molecule has 4 heterocycles. The van der Waals surface area contributed by atoms with E-state index in [4.69, 9.17) is 14.4 Å². The van der Waals surface area contributed by atoms with E-state index in [1.807, 2.05) is 17.4 Å². The number of amidine groups is 1. The quantitative estimate of drug-likeness (QED) is 0.175. The van der Waals surface area contributed by atoms with Crippen molar-refractivity contribution < 1.29 is 4.42 Å². The Hall–Kier alpha value is -7.60. The fraction of sp³-hybridized carbons (Fsp3) is 0.0526. The first-order valence-electron chi connectivity index (χ1n) is 21.3. The van der Waals surface area contributed by atoms with Gasteiger partial charge in [-0.05, 0) is 94.2 Å². The molecule has 0 spiro atoms. The number of furan rings is 1. The fourth-order valence-corrected chi connectivity index (χ4v) is 10.9. The molecule has 4 nitrogen and oxygen atoms in total. The van der Waals surface area contributed by atoms with Gasteiger partial charge in [-0.1, -0.05) is 134 Å². The van der Waals surface area contributed by atoms with E-state index in [-0.39, 0.29) is 5.92 Å². The molecular formula is C57H37N3OS. The van der Waals surface area contributed by atoms with E-state index in [0.29, 0.717) is 5.84 Å². The van der Waals surface area contributed by atoms with Crippen LogP contribution in [0.25, 0.3) is 96.8 Å². The number of aromatic nitrogens is 1. The van der Waals surface area contributed by atoms with Crippen molar-refractivity contribution in [1.82, 2.24) is 4.57 Å². The van der Waals surface area contributed by atoms with E-state index in [9.17, 15) is 0 Å². The first-order valence-corrected chi connectivity index (χ1v) is 22.1. The Bertz CT molecular complexity index is 3930. The third-order valence-corrected chi connectivity index (χ3v) is 14.0. The standard InChI is InChI=1S/C57H37N3OS/c1-34-22-26-46(58-57(40-24-23-35-12-2-3-13-36(35)30-40)59-56(34)39-25-29-53-45(32-39)42-17-8-11-21-52(42)62-53)55-48(27-28-51-54(55)43-18-7-10-20-50(43)61-51)60-47-19-9-6-16-41(47)44-31-37-14-4-5-15-38(37)33-49(44)60/h2-21,23-34H,22H2,1H3/b46-26+,58-57?,59-56?. The van der Waals surface area contributed by atoms with Gasteiger partial charge in [-0.15, -0.1) is 11.3 Å². The summed E-state index contributed by atoms with van der Waals surface area (Å²) in [7, 11) is 0. The SMILES string of the molecule is CC1C/C=C(\c2c(-n3c4ccccc4c4cc5ccccc5cc43)ccc3oc4ccccc4c23)N=C(c2ccc3ccccc3c2)N=C1c1ccc2sc3ccccc3c2c1. The average molecular weight is 812 g/mol. The zero-order valence-corrected chi connectivity index (χ0v) is 34.7. The molecule has 5 heteroatoms. The smallest absolute Gasteiger partial charge is 0.160 e. The number of fused-ring (bicyclic) bond motifs is 11. The molecule has 1 atom stereocenters. The van der Waals surface area contributed by atoms with Crippen LogP contribution in [0.1, 0.15) is 30.0 Å². The number of allylic oxidation sites excluding steroid dienone is 1. The van der Waals surface area contributed by atoms with Gasteiger partial charge in [-0.25, -0.2) is 9.98 Å². The minimum atomic E-state index is 0.0849. The predicted octanol–water partition coefficient (Wildman–Crippen LogP) is 15.7. The van der Waals surface area contributed by atoms with Crippen LogP contribution in [0.3, 0.4) is 0 Å². The fourth-order valence-electron chi connectivity index (χ4n) is 9.82. The molecule has 0 saturated carbocycles. The van der Waals surface area contributed by atoms with Gasteiger partial charge in [-0.2, -0.15) is 0 Å². The second-order valence-electron chi connectivity index (χ2n) is 16.5. The van der Waals surface area contributed by atoms with E-state index in [1.54, 1.807) is 0 Å². The molecular weight excluding hydrogens is 775 g/mol. The van der Waals surface area contributed by atoms with Crippen molar-refractivity contribution in [3.05, 3.63) is 205 Å². The summed E-state index contributed by atoms with van der Waals surface area (Å²) < 4.78 is 11.7. The molecule has 13 rings (SSSR count). The van der Waals surface area contributed by atoms with Gasteiger partial charge in [0, 0.05) is 58.8 Å². The van der Waals surface area contributed by atoms with Gasteiger partial charge >= 0.3 is 0 Å². The van der Waals surface area contributed by atoms with Gasteiger partial charge in [0.15, 0.2) is 5.84 Å². The summed E-state index contributed by atoms with van der Waals surface area (Å²) in [5.41, 5.74) is 10.0. The largest absolute Gasteiger partial charge is 0.456 e. The van der Waals surface area contributed by atoms with Gasteiger partial charge in [0.25, 0.3) is 0 Å². The molecule has 292 valence electrons. The number of hydrogen-bond acceptors (Lipinski definition) is 4. The molecule has 1 unspecified atom stereocenters. The summed E-state index contributed by atoms with van der Waals surface area (Å²) in [5.74, 6) is 0.768. The summed E-state index contributed by atoms with van der Waals surface area (Å²) in [5, 5.41) is 11.8. The number of thiophene rings is 1. The van der Waals surface area contributed by atoms with Crippen LogP contribution in [0.15, 0.2) is 202 Å². The summed E-state index contributed by atoms with van der Waals surface area (Å²) in [4.78, 5) is 11.4. The molecule has 0 fully saturated rings. The number of benzene rings is 9. The lowest BCUT2D eigenvalue weighted by Crippen LogP contribution is -2.17. The summed E-state index contributed by atoms with van der Waals surface area (Å²) in [6.07, 6.45) is 3.09. The topological polar surface area (TPSA) is 42.8 Å². The first-order chi connectivity index (χ1) is 30.6. The zero-order chi connectivity index (χ0) is 40.9. The zero-order valence-electron chi connectivity index (χ0n) is 33.8. The highest BCUT2D eigenvalue weighted by atomic mass is 32.1. The summed E-state index contributed by atoms with van der Waals surface area (Å²) in [6, 6.07) is 65.5. The van der Waals surface area contributed by atoms with E-state index in [2.05, 4.69) is 193 Å². The molecule has 62 heavy (non-hydrogen) atoms. The highest BCUT2D eigenvalue weighted by Gasteiger charge is 2.26. The van der Waals surface area contributed by atoms with Crippen molar-refractivity contribution in [3.8, 4) is 5.69 Å². The maximum absolute atomic E-state index is 6.65. The van der Waals surface area contributed by atoms with Gasteiger partial charge in [-0.3, -0.25) is 0 Å². The van der Waals surface area contributed by atoms with Gasteiger partial charge in [0.05, 0.1) is 28.1 Å². The molecule has 0 radical (unpaired) electrons. The van der Waals surface area contributed by atoms with Gasteiger partial charge in [0.2, 0.25) is 0 Å². The highest BCUT2D eigenvalue weighted by Crippen LogP contribution is 2.44. The lowest BCUT2D eigenvalue weighted by atomic mass is 9.92. The Morgan fingerprint density at radius 1 is 0.516 bits per heavy atom. The average Bonchev–Trinajstić information content (AvgIpc) is 3.98. The number of nitrogens with zero attached hydrogens (tertiary/aromatic N) is 3. The Labute approximate surface area is 361 Å². The molecule has 0 saturated heterocycles. The van der Waals surface area contributed by atoms with Crippen LogP contribution in [-0.4, -0.2) is 16.1 Å². The maximum Gasteiger partial charge on any atom is 0.160 e. The van der Waals surface area contributed by atoms with E-state index >= 15 is 0 Å². The third kappa shape index (κ3) is 5.45. The molecule has 0 aliphatic carbocycles. The van der Waals surface area contributed by atoms with Crippen molar-refractivity contribution in [1.29, 1.82) is 0 Å². The van der Waals surface area contributed by atoms with E-state index < -0.39 is 0 Å². The van der Waals surface area contributed by atoms with E-state index in [0.717, 1.165) is 78.6 Å². The lowest BCUT2D eigenvalue weighted by Gasteiger charge is -2.21. The van der Waals surface area contributed by atoms with Crippen molar-refractivity contribution in [2.24, 2.45) is 15.9 Å². The Morgan fingerprint density at radius 2 is 1.21 bits per heavy atom. The molecule has 12 aromatic rings. The Balaban J connectivity index is 1.11. The molecule has 3 aromatic heterocycles. The lowest BCUT2D eigenvalue weighted by molar-refractivity contribution is 0.669. The normalized spacial score (nSPS) is 15.8. The molecule has 0 N–H and O–H groups in total. The van der Waals surface area contributed by atoms with Crippen LogP contribution < -0.4 is 0 Å². The molecule has 0 amide bonds. The van der Waals surface area contributed by atoms with E-state index in [1.165, 1.54) is 47.1 Å². The van der Waals surface area contributed by atoms with Crippen molar-refractivity contribution in [2.75, 3.05) is 0 Å². The monoisotopic (exact) mass is 811 g/mol. The molecule has 1 aliphatic rings. The third-order valence-electron chi connectivity index (χ3n) is 12.8. The van der Waals surface area contributed by atoms with Crippen LogP contribution in [0.5, 0.6) is 0 Å². The summed E-state index contributed by atoms with van der Waals surface area (Å²) >= 11 is 1.84. The van der Waals surface area contributed by atoms with Crippen molar-refractivity contribution in [2.45, 2.75) is 13.3 Å². The minimum Gasteiger partial charge on any atom is -0.456 e. The van der Waals surface area contributed by atoms with Crippen LogP contribution >= 0.6 is 11.3 Å². The number of hydrogen-bond donors (Lipinski definition) is 0. The van der Waals surface area contributed by atoms with Crippen LogP contribution in [0.4, 0.5) is 0 Å². The number of aliphatic imine (C=N–C) groups is 2. The van der Waals surface area contributed by atoms with Gasteiger partial charge in [0.1, 0.15) is 11.2 Å². The van der Waals surface area contributed by atoms with Crippen LogP contribution in [-0.2, 0) is 0 Å². The predicted molar refractivity (Wildman–Crippen MR) is 264 cm³/mol. The number of rotatable bonds is 4.